The van der Waals surface area contributed by atoms with Gasteiger partial charge in [0.05, 0.1) is 5.02 Å². The first kappa shape index (κ1) is 20.1. The van der Waals surface area contributed by atoms with Crippen molar-refractivity contribution in [1.29, 1.82) is 0 Å². The van der Waals surface area contributed by atoms with Crippen molar-refractivity contribution >= 4 is 35.1 Å². The van der Waals surface area contributed by atoms with Gasteiger partial charge in [0.25, 0.3) is 5.91 Å². The van der Waals surface area contributed by atoms with Crippen molar-refractivity contribution < 1.29 is 27.9 Å². The molecule has 1 heterocycles. The third kappa shape index (κ3) is 3.45. The van der Waals surface area contributed by atoms with E-state index in [1.165, 1.54) is 18.2 Å². The monoisotopic (exact) mass is 435 g/mol. The lowest BCUT2D eigenvalue weighted by atomic mass is 9.92. The minimum Gasteiger partial charge on any atom is -0.433 e. The average Bonchev–Trinajstić information content (AvgIpc) is 3.17. The second-order valence-corrected chi connectivity index (χ2v) is 7.36. The molecule has 0 aromatic heterocycles. The molecule has 156 valence electrons. The fourth-order valence-electron chi connectivity index (χ4n) is 3.85. The van der Waals surface area contributed by atoms with E-state index >= 15 is 0 Å². The molecule has 2 N–H and O–H groups in total. The number of anilines is 1. The van der Waals surface area contributed by atoms with Gasteiger partial charge >= 0.3 is 12.6 Å². The molecule has 4 rings (SSSR count). The summed E-state index contributed by atoms with van der Waals surface area (Å²) in [5.41, 5.74) is 0.788. The first-order valence-corrected chi connectivity index (χ1v) is 9.45. The molecule has 1 saturated heterocycles. The van der Waals surface area contributed by atoms with Gasteiger partial charge in [0.15, 0.2) is 0 Å². The van der Waals surface area contributed by atoms with E-state index < -0.39 is 36.5 Å². The number of imide groups is 1. The van der Waals surface area contributed by atoms with Crippen molar-refractivity contribution in [3.05, 3.63) is 58.6 Å². The maximum atomic E-state index is 13.0. The summed E-state index contributed by atoms with van der Waals surface area (Å²) in [6.07, 6.45) is 1.07. The van der Waals surface area contributed by atoms with Gasteiger partial charge in [0.1, 0.15) is 17.8 Å². The molecule has 1 aliphatic heterocycles. The molecule has 1 aliphatic carbocycles. The third-order valence-electron chi connectivity index (χ3n) is 5.16. The highest BCUT2D eigenvalue weighted by atomic mass is 35.5. The van der Waals surface area contributed by atoms with Crippen LogP contribution in [0.25, 0.3) is 0 Å². The molecule has 2 aliphatic rings. The summed E-state index contributed by atoms with van der Waals surface area (Å²) in [5, 5.41) is 5.11. The molecule has 1 spiro atoms. The molecule has 7 nitrogen and oxygen atoms in total. The number of benzene rings is 2. The number of nitrogens with zero attached hydrogens (tertiary/aromatic N) is 1. The van der Waals surface area contributed by atoms with E-state index in [0.717, 1.165) is 16.0 Å². The first-order valence-electron chi connectivity index (χ1n) is 9.07. The predicted molar refractivity (Wildman–Crippen MR) is 103 cm³/mol. The zero-order chi connectivity index (χ0) is 21.5. The van der Waals surface area contributed by atoms with Crippen molar-refractivity contribution in [2.45, 2.75) is 25.0 Å². The van der Waals surface area contributed by atoms with E-state index in [9.17, 15) is 23.2 Å². The number of fused-ring (bicyclic) bond motifs is 2. The number of hydrogen-bond acceptors (Lipinski definition) is 4. The van der Waals surface area contributed by atoms with E-state index in [-0.39, 0.29) is 16.5 Å². The standard InChI is InChI=1S/C20H16ClF2N3O4/c21-14-9-12(5-6-15(14)30-18(22)23)24-16(27)10-26-17(28)20(25-19(26)29)8-7-11-3-1-2-4-13(11)20/h1-6,9,18H,7-8,10H2,(H,24,27)(H,25,29). The second-order valence-electron chi connectivity index (χ2n) is 6.96. The number of amides is 4. The van der Waals surface area contributed by atoms with Gasteiger partial charge in [-0.05, 0) is 42.2 Å². The zero-order valence-corrected chi connectivity index (χ0v) is 16.2. The van der Waals surface area contributed by atoms with Gasteiger partial charge in [-0.1, -0.05) is 35.9 Å². The summed E-state index contributed by atoms with van der Waals surface area (Å²) in [6, 6.07) is 10.5. The maximum absolute atomic E-state index is 13.0. The van der Waals surface area contributed by atoms with Gasteiger partial charge in [-0.3, -0.25) is 14.5 Å². The molecule has 2 aromatic rings. The van der Waals surface area contributed by atoms with Crippen molar-refractivity contribution in [1.82, 2.24) is 10.2 Å². The molecular weight excluding hydrogens is 420 g/mol. The minimum atomic E-state index is -3.03. The molecule has 2 aromatic carbocycles. The Morgan fingerprint density at radius 1 is 1.27 bits per heavy atom. The van der Waals surface area contributed by atoms with Crippen LogP contribution in [0.2, 0.25) is 5.02 Å². The van der Waals surface area contributed by atoms with Crippen LogP contribution in [0.15, 0.2) is 42.5 Å². The van der Waals surface area contributed by atoms with E-state index in [1.807, 2.05) is 12.1 Å². The summed E-state index contributed by atoms with van der Waals surface area (Å²) < 4.78 is 28.8. The Labute approximate surface area is 174 Å². The Morgan fingerprint density at radius 2 is 2.03 bits per heavy atom. The SMILES string of the molecule is O=C(CN1C(=O)NC2(CCc3ccccc32)C1=O)Nc1ccc(OC(F)F)c(Cl)c1. The Kier molecular flexibility index (Phi) is 5.07. The lowest BCUT2D eigenvalue weighted by Gasteiger charge is -2.22. The van der Waals surface area contributed by atoms with Crippen LogP contribution in [0.4, 0.5) is 19.3 Å². The Bertz CT molecular complexity index is 1050. The summed E-state index contributed by atoms with van der Waals surface area (Å²) >= 11 is 5.87. The molecule has 0 bridgehead atoms. The summed E-state index contributed by atoms with van der Waals surface area (Å²) in [4.78, 5) is 38.8. The van der Waals surface area contributed by atoms with Crippen molar-refractivity contribution in [2.24, 2.45) is 0 Å². The van der Waals surface area contributed by atoms with Crippen LogP contribution in [-0.4, -0.2) is 35.9 Å². The molecule has 30 heavy (non-hydrogen) atoms. The number of ether oxygens (including phenoxy) is 1. The summed E-state index contributed by atoms with van der Waals surface area (Å²) in [7, 11) is 0. The van der Waals surface area contributed by atoms with Crippen LogP contribution in [0.5, 0.6) is 5.75 Å². The molecule has 10 heteroatoms. The molecule has 1 atom stereocenters. The molecule has 4 amide bonds. The Balaban J connectivity index is 1.46. The highest BCUT2D eigenvalue weighted by Gasteiger charge is 2.55. The van der Waals surface area contributed by atoms with Gasteiger partial charge < -0.3 is 15.4 Å². The zero-order valence-electron chi connectivity index (χ0n) is 15.5. The normalized spacial score (nSPS) is 19.9. The van der Waals surface area contributed by atoms with Crippen LogP contribution in [0.1, 0.15) is 17.5 Å². The van der Waals surface area contributed by atoms with Crippen LogP contribution in [0.3, 0.4) is 0 Å². The molecule has 0 saturated carbocycles. The quantitative estimate of drug-likeness (QED) is 0.706. The number of urea groups is 1. The molecule has 1 fully saturated rings. The number of aryl methyl sites for hydroxylation is 1. The topological polar surface area (TPSA) is 87.7 Å². The van der Waals surface area contributed by atoms with Crippen molar-refractivity contribution in [3.8, 4) is 5.75 Å². The Hall–Kier alpha value is -3.20. The fourth-order valence-corrected chi connectivity index (χ4v) is 4.07. The lowest BCUT2D eigenvalue weighted by molar-refractivity contribution is -0.134. The highest BCUT2D eigenvalue weighted by Crippen LogP contribution is 2.41. The van der Waals surface area contributed by atoms with Gasteiger partial charge in [0.2, 0.25) is 5.91 Å². The summed E-state index contributed by atoms with van der Waals surface area (Å²) in [5.74, 6) is -1.35. The predicted octanol–water partition coefficient (Wildman–Crippen LogP) is 3.27. The molecular formula is C20H16ClF2N3O4. The average molecular weight is 436 g/mol. The number of carbonyl (C=O) groups is 3. The number of halogens is 3. The van der Waals surface area contributed by atoms with Gasteiger partial charge in [-0.2, -0.15) is 8.78 Å². The van der Waals surface area contributed by atoms with Crippen LogP contribution < -0.4 is 15.4 Å². The molecule has 1 unspecified atom stereocenters. The fraction of sp³-hybridized carbons (Fsp3) is 0.250. The minimum absolute atomic E-state index is 0.121. The lowest BCUT2D eigenvalue weighted by Crippen LogP contribution is -2.42. The van der Waals surface area contributed by atoms with Crippen LogP contribution >= 0.6 is 11.6 Å². The van der Waals surface area contributed by atoms with Gasteiger partial charge in [0, 0.05) is 5.69 Å². The van der Waals surface area contributed by atoms with E-state index in [0.29, 0.717) is 12.8 Å². The summed E-state index contributed by atoms with van der Waals surface area (Å²) in [6.45, 7) is -3.53. The largest absolute Gasteiger partial charge is 0.433 e. The van der Waals surface area contributed by atoms with E-state index in [2.05, 4.69) is 15.4 Å². The maximum Gasteiger partial charge on any atom is 0.387 e. The number of alkyl halides is 2. The third-order valence-corrected chi connectivity index (χ3v) is 5.45. The van der Waals surface area contributed by atoms with Crippen LogP contribution in [-0.2, 0) is 21.5 Å². The number of rotatable bonds is 5. The van der Waals surface area contributed by atoms with E-state index in [1.54, 1.807) is 12.1 Å². The Morgan fingerprint density at radius 3 is 2.77 bits per heavy atom. The second kappa shape index (κ2) is 7.56. The number of hydrogen-bond donors (Lipinski definition) is 2. The van der Waals surface area contributed by atoms with Gasteiger partial charge in [-0.25, -0.2) is 4.79 Å². The number of nitrogens with one attached hydrogen (secondary N) is 2. The number of carbonyl (C=O) groups excluding carboxylic acids is 3. The molecule has 0 radical (unpaired) electrons. The van der Waals surface area contributed by atoms with E-state index in [4.69, 9.17) is 11.6 Å². The van der Waals surface area contributed by atoms with Crippen molar-refractivity contribution in [2.75, 3.05) is 11.9 Å². The smallest absolute Gasteiger partial charge is 0.387 e. The van der Waals surface area contributed by atoms with Crippen molar-refractivity contribution in [3.63, 3.8) is 0 Å². The van der Waals surface area contributed by atoms with Crippen LogP contribution in [0, 0.1) is 0 Å². The highest BCUT2D eigenvalue weighted by molar-refractivity contribution is 6.32. The first-order chi connectivity index (χ1) is 14.3. The van der Waals surface area contributed by atoms with Gasteiger partial charge in [-0.15, -0.1) is 0 Å².